The molecule has 0 atom stereocenters. The molecule has 1 saturated carbocycles. The molecule has 0 saturated heterocycles. The van der Waals surface area contributed by atoms with Gasteiger partial charge < -0.3 is 9.64 Å². The summed E-state index contributed by atoms with van der Waals surface area (Å²) in [6, 6.07) is 0. The van der Waals surface area contributed by atoms with Gasteiger partial charge in [-0.3, -0.25) is 9.59 Å². The number of esters is 1. The van der Waals surface area contributed by atoms with Gasteiger partial charge in [0.25, 0.3) is 0 Å². The summed E-state index contributed by atoms with van der Waals surface area (Å²) in [7, 11) is 1.34. The van der Waals surface area contributed by atoms with E-state index in [9.17, 15) is 9.59 Å². The topological polar surface area (TPSA) is 46.6 Å². The molecular weight excluding hydrogens is 194 g/mol. The third-order valence-electron chi connectivity index (χ3n) is 2.95. The maximum atomic E-state index is 11.9. The molecule has 0 unspecified atom stereocenters. The van der Waals surface area contributed by atoms with Crippen LogP contribution in [0.3, 0.4) is 0 Å². The SMILES string of the molecule is CCN(CC(=O)OC)C(=O)C1CCCC1. The molecule has 1 amide bonds. The first-order valence-electron chi connectivity index (χ1n) is 5.54. The molecule has 1 fully saturated rings. The quantitative estimate of drug-likeness (QED) is 0.659. The highest BCUT2D eigenvalue weighted by Gasteiger charge is 2.27. The predicted octanol–water partition coefficient (Wildman–Crippen LogP) is 1.20. The van der Waals surface area contributed by atoms with Crippen LogP contribution in [0, 0.1) is 5.92 Å². The standard InChI is InChI=1S/C11H19NO3/c1-3-12(8-10(13)15-2)11(14)9-6-4-5-7-9/h9H,3-8H2,1-2H3. The van der Waals surface area contributed by atoms with Crippen LogP contribution < -0.4 is 0 Å². The maximum absolute atomic E-state index is 11.9. The zero-order valence-electron chi connectivity index (χ0n) is 9.49. The fraction of sp³-hybridized carbons (Fsp3) is 0.818. The van der Waals surface area contributed by atoms with E-state index < -0.39 is 0 Å². The Bertz CT molecular complexity index is 234. The van der Waals surface area contributed by atoms with E-state index in [1.165, 1.54) is 7.11 Å². The lowest BCUT2D eigenvalue weighted by Crippen LogP contribution is -2.39. The Morgan fingerprint density at radius 2 is 1.93 bits per heavy atom. The second-order valence-electron chi connectivity index (χ2n) is 3.91. The number of amides is 1. The first-order chi connectivity index (χ1) is 7.19. The summed E-state index contributed by atoms with van der Waals surface area (Å²) in [5.41, 5.74) is 0. The molecule has 86 valence electrons. The molecule has 1 rings (SSSR count). The lowest BCUT2D eigenvalue weighted by molar-refractivity contribution is -0.148. The van der Waals surface area contributed by atoms with Gasteiger partial charge in [-0.25, -0.2) is 0 Å². The number of carbonyl (C=O) groups excluding carboxylic acids is 2. The summed E-state index contributed by atoms with van der Waals surface area (Å²) in [5, 5.41) is 0. The number of hydrogen-bond acceptors (Lipinski definition) is 3. The average molecular weight is 213 g/mol. The van der Waals surface area contributed by atoms with Crippen LogP contribution in [0.15, 0.2) is 0 Å². The Hall–Kier alpha value is -1.06. The molecule has 0 radical (unpaired) electrons. The largest absolute Gasteiger partial charge is 0.468 e. The minimum Gasteiger partial charge on any atom is -0.468 e. The summed E-state index contributed by atoms with van der Waals surface area (Å²) in [6.45, 7) is 2.54. The summed E-state index contributed by atoms with van der Waals surface area (Å²) >= 11 is 0. The number of hydrogen-bond donors (Lipinski definition) is 0. The van der Waals surface area contributed by atoms with Crippen molar-refractivity contribution >= 4 is 11.9 Å². The van der Waals surface area contributed by atoms with E-state index in [4.69, 9.17) is 0 Å². The second-order valence-corrected chi connectivity index (χ2v) is 3.91. The number of methoxy groups -OCH3 is 1. The van der Waals surface area contributed by atoms with Gasteiger partial charge in [0, 0.05) is 12.5 Å². The van der Waals surface area contributed by atoms with E-state index in [0.29, 0.717) is 6.54 Å². The zero-order chi connectivity index (χ0) is 11.3. The normalized spacial score (nSPS) is 16.4. The van der Waals surface area contributed by atoms with E-state index in [1.54, 1.807) is 4.90 Å². The number of carbonyl (C=O) groups is 2. The summed E-state index contributed by atoms with van der Waals surface area (Å²) in [5.74, 6) is -0.0989. The van der Waals surface area contributed by atoms with Crippen LogP contribution in [0.4, 0.5) is 0 Å². The highest BCUT2D eigenvalue weighted by Crippen LogP contribution is 2.26. The molecule has 0 spiro atoms. The third-order valence-corrected chi connectivity index (χ3v) is 2.95. The first kappa shape index (κ1) is 12.0. The Labute approximate surface area is 90.6 Å². The minimum absolute atomic E-state index is 0.0856. The third kappa shape index (κ3) is 3.22. The molecule has 0 aromatic heterocycles. The van der Waals surface area contributed by atoms with Crippen molar-refractivity contribution in [1.82, 2.24) is 4.90 Å². The van der Waals surface area contributed by atoms with E-state index >= 15 is 0 Å². The molecule has 1 aliphatic carbocycles. The monoisotopic (exact) mass is 213 g/mol. The summed E-state index contributed by atoms with van der Waals surface area (Å²) in [4.78, 5) is 24.6. The molecule has 0 aromatic carbocycles. The Morgan fingerprint density at radius 1 is 1.33 bits per heavy atom. The first-order valence-corrected chi connectivity index (χ1v) is 5.54. The van der Waals surface area contributed by atoms with Crippen LogP contribution in [0.5, 0.6) is 0 Å². The second kappa shape index (κ2) is 5.73. The molecule has 4 heteroatoms. The van der Waals surface area contributed by atoms with Gasteiger partial charge >= 0.3 is 5.97 Å². The Morgan fingerprint density at radius 3 is 2.40 bits per heavy atom. The van der Waals surface area contributed by atoms with Crippen molar-refractivity contribution in [2.45, 2.75) is 32.6 Å². The summed E-state index contributed by atoms with van der Waals surface area (Å²) in [6.07, 6.45) is 4.20. The molecule has 0 aliphatic heterocycles. The van der Waals surface area contributed by atoms with Crippen LogP contribution in [-0.2, 0) is 14.3 Å². The fourth-order valence-corrected chi connectivity index (χ4v) is 2.00. The Balaban J connectivity index is 2.49. The van der Waals surface area contributed by atoms with Gasteiger partial charge in [-0.15, -0.1) is 0 Å². The molecule has 0 bridgehead atoms. The number of nitrogens with zero attached hydrogens (tertiary/aromatic N) is 1. The number of rotatable bonds is 4. The van der Waals surface area contributed by atoms with Crippen molar-refractivity contribution in [1.29, 1.82) is 0 Å². The Kier molecular flexibility index (Phi) is 4.59. The van der Waals surface area contributed by atoms with Crippen LogP contribution in [0.25, 0.3) is 0 Å². The molecular formula is C11H19NO3. The molecule has 4 nitrogen and oxygen atoms in total. The number of likely N-dealkylation sites (N-methyl/N-ethyl adjacent to an activating group) is 1. The zero-order valence-corrected chi connectivity index (χ0v) is 9.49. The van der Waals surface area contributed by atoms with Crippen LogP contribution >= 0.6 is 0 Å². The van der Waals surface area contributed by atoms with Crippen LogP contribution in [-0.4, -0.2) is 37.0 Å². The maximum Gasteiger partial charge on any atom is 0.325 e. The lowest BCUT2D eigenvalue weighted by atomic mass is 10.1. The van der Waals surface area contributed by atoms with Crippen molar-refractivity contribution in [3.63, 3.8) is 0 Å². The molecule has 1 aliphatic rings. The highest BCUT2D eigenvalue weighted by atomic mass is 16.5. The van der Waals surface area contributed by atoms with Crippen LogP contribution in [0.2, 0.25) is 0 Å². The van der Waals surface area contributed by atoms with Crippen molar-refractivity contribution in [3.05, 3.63) is 0 Å². The minimum atomic E-state index is -0.344. The molecule has 0 aromatic rings. The highest BCUT2D eigenvalue weighted by molar-refractivity contribution is 5.83. The van der Waals surface area contributed by atoms with Crippen molar-refractivity contribution in [3.8, 4) is 0 Å². The van der Waals surface area contributed by atoms with Crippen LogP contribution in [0.1, 0.15) is 32.6 Å². The summed E-state index contributed by atoms with van der Waals surface area (Å²) < 4.78 is 4.56. The van der Waals surface area contributed by atoms with E-state index in [0.717, 1.165) is 25.7 Å². The van der Waals surface area contributed by atoms with Gasteiger partial charge in [0.05, 0.1) is 7.11 Å². The van der Waals surface area contributed by atoms with E-state index in [-0.39, 0.29) is 24.3 Å². The fourth-order valence-electron chi connectivity index (χ4n) is 2.00. The average Bonchev–Trinajstić information content (AvgIpc) is 2.77. The van der Waals surface area contributed by atoms with Gasteiger partial charge in [-0.1, -0.05) is 12.8 Å². The van der Waals surface area contributed by atoms with Crippen molar-refractivity contribution in [2.75, 3.05) is 20.2 Å². The molecule has 0 heterocycles. The number of ether oxygens (including phenoxy) is 1. The van der Waals surface area contributed by atoms with Gasteiger partial charge in [0.1, 0.15) is 6.54 Å². The van der Waals surface area contributed by atoms with Gasteiger partial charge in [0.15, 0.2) is 0 Å². The predicted molar refractivity (Wildman–Crippen MR) is 56.2 cm³/mol. The van der Waals surface area contributed by atoms with E-state index in [1.807, 2.05) is 6.92 Å². The van der Waals surface area contributed by atoms with Gasteiger partial charge in [0.2, 0.25) is 5.91 Å². The van der Waals surface area contributed by atoms with Gasteiger partial charge in [-0.2, -0.15) is 0 Å². The molecule has 0 N–H and O–H groups in total. The van der Waals surface area contributed by atoms with Gasteiger partial charge in [-0.05, 0) is 19.8 Å². The van der Waals surface area contributed by atoms with Crippen molar-refractivity contribution in [2.24, 2.45) is 5.92 Å². The van der Waals surface area contributed by atoms with Crippen molar-refractivity contribution < 1.29 is 14.3 Å². The molecule has 15 heavy (non-hydrogen) atoms. The lowest BCUT2D eigenvalue weighted by Gasteiger charge is -2.22. The van der Waals surface area contributed by atoms with E-state index in [2.05, 4.69) is 4.74 Å². The smallest absolute Gasteiger partial charge is 0.325 e.